The minimum absolute atomic E-state index is 0.0380. The Morgan fingerprint density at radius 1 is 0.674 bits per heavy atom. The van der Waals surface area contributed by atoms with Gasteiger partial charge in [-0.2, -0.15) is 0 Å². The summed E-state index contributed by atoms with van der Waals surface area (Å²) in [5.74, 6) is 3.68. The molecule has 3 unspecified atom stereocenters. The van der Waals surface area contributed by atoms with E-state index in [4.69, 9.17) is 37.9 Å². The molecule has 2 aliphatic rings. The summed E-state index contributed by atoms with van der Waals surface area (Å²) in [5, 5.41) is 0. The van der Waals surface area contributed by atoms with Crippen molar-refractivity contribution < 1.29 is 42.7 Å². The van der Waals surface area contributed by atoms with Gasteiger partial charge in [-0.25, -0.2) is 0 Å². The molecular weight excluding hydrogens is 552 g/mol. The molecule has 0 N–H and O–H groups in total. The van der Waals surface area contributed by atoms with Gasteiger partial charge in [0, 0.05) is 5.92 Å². The summed E-state index contributed by atoms with van der Waals surface area (Å²) in [5.41, 5.74) is 2.21. The van der Waals surface area contributed by atoms with Crippen LogP contribution in [0.25, 0.3) is 6.08 Å². The van der Waals surface area contributed by atoms with Crippen LogP contribution in [0.3, 0.4) is 0 Å². The second-order valence-electron chi connectivity index (χ2n) is 10.5. The first kappa shape index (κ1) is 30.1. The summed E-state index contributed by atoms with van der Waals surface area (Å²) < 4.78 is 45.5. The first-order valence-corrected chi connectivity index (χ1v) is 14.0. The van der Waals surface area contributed by atoms with Crippen molar-refractivity contribution in [3.63, 3.8) is 0 Å². The van der Waals surface area contributed by atoms with Gasteiger partial charge in [0.05, 0.1) is 55.9 Å². The Kier molecular flexibility index (Phi) is 8.73. The predicted octanol–water partition coefficient (Wildman–Crippen LogP) is 6.18. The lowest BCUT2D eigenvalue weighted by Gasteiger charge is -2.30. The van der Waals surface area contributed by atoms with Crippen LogP contribution in [0.1, 0.15) is 48.0 Å². The molecule has 0 radical (unpaired) electrons. The molecule has 3 aromatic carbocycles. The Labute approximate surface area is 252 Å². The summed E-state index contributed by atoms with van der Waals surface area (Å²) in [6, 6.07) is 15.2. The van der Waals surface area contributed by atoms with E-state index in [0.29, 0.717) is 65.1 Å². The van der Waals surface area contributed by atoms with Crippen LogP contribution in [0.4, 0.5) is 0 Å². The molecule has 0 aromatic heterocycles. The van der Waals surface area contributed by atoms with Crippen LogP contribution in [0.2, 0.25) is 0 Å². The number of methoxy groups -OCH3 is 7. The van der Waals surface area contributed by atoms with Gasteiger partial charge in [-0.1, -0.05) is 12.1 Å². The largest absolute Gasteiger partial charge is 0.493 e. The number of rotatable bonds is 10. The normalized spacial score (nSPS) is 22.1. The SMILES string of the molecule is COc1ccc(C2CCC3(O2)C(=O)/C(=C/c2cc(OC)c(OC)c(OC)c2)CC3c2ccc(OC)c(OC)c2)cc1OC. The Morgan fingerprint density at radius 2 is 1.21 bits per heavy atom. The van der Waals surface area contributed by atoms with E-state index in [1.807, 2.05) is 54.6 Å². The van der Waals surface area contributed by atoms with E-state index >= 15 is 0 Å². The van der Waals surface area contributed by atoms with Crippen molar-refractivity contribution in [3.05, 3.63) is 70.8 Å². The number of carbonyl (C=O) groups is 1. The third-order valence-corrected chi connectivity index (χ3v) is 8.41. The first-order valence-electron chi connectivity index (χ1n) is 14.0. The highest BCUT2D eigenvalue weighted by Crippen LogP contribution is 2.56. The standard InChI is InChI=1S/C34H38O9/c1-36-26-10-8-21(18-28(26)38-3)24-17-23(14-20-15-30(40-5)32(42-7)31(16-20)41-6)33(35)34(24)13-12-25(43-34)22-9-11-27(37-2)29(19-22)39-4/h8-11,14-16,18-19,24-25H,12-13,17H2,1-7H3/b23-14+. The summed E-state index contributed by atoms with van der Waals surface area (Å²) >= 11 is 0. The minimum Gasteiger partial charge on any atom is -0.493 e. The van der Waals surface area contributed by atoms with E-state index in [0.717, 1.165) is 16.7 Å². The van der Waals surface area contributed by atoms with Crippen LogP contribution < -0.4 is 33.2 Å². The number of benzene rings is 3. The molecule has 3 aromatic rings. The van der Waals surface area contributed by atoms with E-state index in [1.54, 1.807) is 49.8 Å². The van der Waals surface area contributed by atoms with Crippen molar-refractivity contribution in [3.8, 4) is 40.2 Å². The fourth-order valence-corrected chi connectivity index (χ4v) is 6.30. The Hall–Kier alpha value is -4.37. The van der Waals surface area contributed by atoms with Gasteiger partial charge in [0.1, 0.15) is 5.60 Å². The molecule has 1 saturated carbocycles. The van der Waals surface area contributed by atoms with Crippen LogP contribution >= 0.6 is 0 Å². The maximum absolute atomic E-state index is 14.4. The Bertz CT molecular complexity index is 1500. The smallest absolute Gasteiger partial charge is 0.203 e. The van der Waals surface area contributed by atoms with Gasteiger partial charge in [-0.15, -0.1) is 0 Å². The van der Waals surface area contributed by atoms with Crippen LogP contribution in [-0.2, 0) is 9.53 Å². The van der Waals surface area contributed by atoms with E-state index in [9.17, 15) is 4.79 Å². The number of carbonyl (C=O) groups excluding carboxylic acids is 1. The first-order chi connectivity index (χ1) is 20.9. The zero-order valence-electron chi connectivity index (χ0n) is 25.6. The molecule has 1 aliphatic carbocycles. The monoisotopic (exact) mass is 590 g/mol. The second kappa shape index (κ2) is 12.5. The van der Waals surface area contributed by atoms with Crippen LogP contribution in [0.5, 0.6) is 40.2 Å². The predicted molar refractivity (Wildman–Crippen MR) is 161 cm³/mol. The molecule has 228 valence electrons. The molecular formula is C34H38O9. The molecule has 1 aliphatic heterocycles. The number of hydrogen-bond acceptors (Lipinski definition) is 9. The molecule has 9 nitrogen and oxygen atoms in total. The summed E-state index contributed by atoms with van der Waals surface area (Å²) in [6.07, 6.45) is 3.29. The fourth-order valence-electron chi connectivity index (χ4n) is 6.30. The van der Waals surface area contributed by atoms with Gasteiger partial charge in [-0.05, 0) is 84.0 Å². The van der Waals surface area contributed by atoms with Crippen molar-refractivity contribution in [1.29, 1.82) is 0 Å². The summed E-state index contributed by atoms with van der Waals surface area (Å²) in [4.78, 5) is 14.4. The van der Waals surface area contributed by atoms with E-state index in [1.165, 1.54) is 0 Å². The molecule has 5 rings (SSSR count). The van der Waals surface area contributed by atoms with Crippen molar-refractivity contribution in [2.24, 2.45) is 0 Å². The van der Waals surface area contributed by atoms with Gasteiger partial charge < -0.3 is 37.9 Å². The lowest BCUT2D eigenvalue weighted by Crippen LogP contribution is -2.38. The number of ether oxygens (including phenoxy) is 8. The molecule has 9 heteroatoms. The van der Waals surface area contributed by atoms with Crippen LogP contribution in [0.15, 0.2) is 54.1 Å². The molecule has 1 heterocycles. The highest BCUT2D eigenvalue weighted by molar-refractivity contribution is 6.09. The van der Waals surface area contributed by atoms with Crippen molar-refractivity contribution >= 4 is 11.9 Å². The Balaban J connectivity index is 1.58. The topological polar surface area (TPSA) is 90.9 Å². The average molecular weight is 591 g/mol. The lowest BCUT2D eigenvalue weighted by molar-refractivity contribution is -0.138. The number of Topliss-reactive ketones (excluding diaryl/α,β-unsaturated/α-hetero) is 1. The second-order valence-corrected chi connectivity index (χ2v) is 10.5. The summed E-state index contributed by atoms with van der Waals surface area (Å²) in [7, 11) is 11.1. The Morgan fingerprint density at radius 3 is 1.74 bits per heavy atom. The minimum atomic E-state index is -1.07. The maximum Gasteiger partial charge on any atom is 0.203 e. The number of hydrogen-bond donors (Lipinski definition) is 0. The highest BCUT2D eigenvalue weighted by Gasteiger charge is 2.58. The molecule has 0 amide bonds. The molecule has 2 fully saturated rings. The van der Waals surface area contributed by atoms with Gasteiger partial charge >= 0.3 is 0 Å². The van der Waals surface area contributed by atoms with Crippen molar-refractivity contribution in [2.45, 2.75) is 36.9 Å². The van der Waals surface area contributed by atoms with Crippen molar-refractivity contribution in [2.75, 3.05) is 49.8 Å². The molecule has 1 saturated heterocycles. The molecule has 43 heavy (non-hydrogen) atoms. The van der Waals surface area contributed by atoms with E-state index in [2.05, 4.69) is 0 Å². The van der Waals surface area contributed by atoms with E-state index in [-0.39, 0.29) is 17.8 Å². The quantitative estimate of drug-likeness (QED) is 0.257. The highest BCUT2D eigenvalue weighted by atomic mass is 16.5. The molecule has 0 bridgehead atoms. The lowest BCUT2D eigenvalue weighted by atomic mass is 9.82. The van der Waals surface area contributed by atoms with Crippen molar-refractivity contribution in [1.82, 2.24) is 0 Å². The van der Waals surface area contributed by atoms with Crippen LogP contribution in [0, 0.1) is 0 Å². The summed E-state index contributed by atoms with van der Waals surface area (Å²) in [6.45, 7) is 0. The third-order valence-electron chi connectivity index (χ3n) is 8.41. The van der Waals surface area contributed by atoms with Gasteiger partial charge in [0.15, 0.2) is 40.3 Å². The van der Waals surface area contributed by atoms with Gasteiger partial charge in [-0.3, -0.25) is 4.79 Å². The van der Waals surface area contributed by atoms with E-state index < -0.39 is 5.60 Å². The fraction of sp³-hybridized carbons (Fsp3) is 0.382. The zero-order chi connectivity index (χ0) is 30.7. The zero-order valence-corrected chi connectivity index (χ0v) is 25.6. The maximum atomic E-state index is 14.4. The van der Waals surface area contributed by atoms with Gasteiger partial charge in [0.2, 0.25) is 5.75 Å². The average Bonchev–Trinajstić information content (AvgIpc) is 3.61. The van der Waals surface area contributed by atoms with Gasteiger partial charge in [0.25, 0.3) is 0 Å². The van der Waals surface area contributed by atoms with Crippen LogP contribution in [-0.4, -0.2) is 61.2 Å². The molecule has 3 atom stereocenters. The number of ketones is 1. The third kappa shape index (κ3) is 5.33. The molecule has 1 spiro atoms.